The van der Waals surface area contributed by atoms with Gasteiger partial charge in [-0.15, -0.1) is 5.73 Å². The van der Waals surface area contributed by atoms with Crippen molar-refractivity contribution in [1.29, 1.82) is 0 Å². The van der Waals surface area contributed by atoms with Gasteiger partial charge in [-0.1, -0.05) is 30.4 Å². The summed E-state index contributed by atoms with van der Waals surface area (Å²) in [6.07, 6.45) is 15.6. The molecule has 2 heterocycles. The zero-order valence-corrected chi connectivity index (χ0v) is 22.8. The van der Waals surface area contributed by atoms with E-state index in [-0.39, 0.29) is 42.4 Å². The molecule has 3 fully saturated rings. The van der Waals surface area contributed by atoms with Crippen LogP contribution in [0.2, 0.25) is 0 Å². The van der Waals surface area contributed by atoms with Gasteiger partial charge in [-0.05, 0) is 75.7 Å². The van der Waals surface area contributed by atoms with Crippen molar-refractivity contribution in [2.45, 2.75) is 89.0 Å². The summed E-state index contributed by atoms with van der Waals surface area (Å²) < 4.78 is 30.4. The highest BCUT2D eigenvalue weighted by Crippen LogP contribution is 2.37. The molecule has 2 unspecified atom stereocenters. The number of unbranched alkanes of at least 4 members (excludes halogenated alkanes) is 1. The summed E-state index contributed by atoms with van der Waals surface area (Å²) in [5, 5.41) is 0. The molecule has 1 aromatic carbocycles. The minimum atomic E-state index is -0.338. The van der Waals surface area contributed by atoms with Crippen LogP contribution < -0.4 is 4.74 Å². The minimum Gasteiger partial charge on any atom is -0.491 e. The Bertz CT molecular complexity index is 956. The van der Waals surface area contributed by atoms with Gasteiger partial charge in [0.15, 0.2) is 12.6 Å². The molecule has 7 nitrogen and oxygen atoms in total. The number of carbonyl (C=O) groups is 2. The Morgan fingerprint density at radius 3 is 2.46 bits per heavy atom. The van der Waals surface area contributed by atoms with Gasteiger partial charge in [-0.2, -0.15) is 0 Å². The van der Waals surface area contributed by atoms with Gasteiger partial charge in [0, 0.05) is 37.9 Å². The van der Waals surface area contributed by atoms with Gasteiger partial charge in [0.05, 0.1) is 6.10 Å². The average Bonchev–Trinajstić information content (AvgIpc) is 3.26. The molecule has 4 rings (SSSR count). The van der Waals surface area contributed by atoms with Gasteiger partial charge >= 0.3 is 0 Å². The molecule has 2 saturated heterocycles. The van der Waals surface area contributed by atoms with Crippen LogP contribution in [0.5, 0.6) is 5.75 Å². The van der Waals surface area contributed by atoms with Gasteiger partial charge in [0.1, 0.15) is 30.5 Å². The Balaban J connectivity index is 1.48. The van der Waals surface area contributed by atoms with E-state index in [2.05, 4.69) is 11.8 Å². The number of benzene rings is 1. The van der Waals surface area contributed by atoms with E-state index in [1.807, 2.05) is 48.6 Å². The first-order valence-electron chi connectivity index (χ1n) is 14.5. The largest absolute Gasteiger partial charge is 0.491 e. The Kier molecular flexibility index (Phi) is 12.5. The van der Waals surface area contributed by atoms with Crippen molar-refractivity contribution in [3.05, 3.63) is 60.4 Å². The second kappa shape index (κ2) is 16.5. The molecule has 7 heteroatoms. The first-order valence-corrected chi connectivity index (χ1v) is 14.5. The van der Waals surface area contributed by atoms with E-state index in [4.69, 9.17) is 23.7 Å². The van der Waals surface area contributed by atoms with E-state index >= 15 is 0 Å². The summed E-state index contributed by atoms with van der Waals surface area (Å²) in [6, 6.07) is 9.68. The molecule has 0 radical (unpaired) electrons. The van der Waals surface area contributed by atoms with Gasteiger partial charge in [-0.3, -0.25) is 4.79 Å². The lowest BCUT2D eigenvalue weighted by molar-refractivity contribution is -0.192. The molecule has 0 N–H and O–H groups in total. The van der Waals surface area contributed by atoms with Crippen LogP contribution in [0.4, 0.5) is 0 Å². The quantitative estimate of drug-likeness (QED) is 0.129. The normalized spacial score (nSPS) is 28.1. The lowest BCUT2D eigenvalue weighted by Gasteiger charge is -2.29. The minimum absolute atomic E-state index is 0.119. The number of aldehydes is 1. The number of hydrogen-bond donors (Lipinski definition) is 0. The molecular formula is C32H42O7. The summed E-state index contributed by atoms with van der Waals surface area (Å²) in [6.45, 7) is 1.73. The lowest BCUT2D eigenvalue weighted by atomic mass is 9.90. The predicted octanol–water partition coefficient (Wildman–Crippen LogP) is 5.73. The lowest BCUT2D eigenvalue weighted by Crippen LogP contribution is -2.32. The molecule has 212 valence electrons. The Morgan fingerprint density at radius 2 is 1.74 bits per heavy atom. The number of hydrogen-bond acceptors (Lipinski definition) is 7. The van der Waals surface area contributed by atoms with Crippen LogP contribution >= 0.6 is 0 Å². The smallest absolute Gasteiger partial charge is 0.158 e. The van der Waals surface area contributed by atoms with Crippen molar-refractivity contribution in [3.63, 3.8) is 0 Å². The van der Waals surface area contributed by atoms with E-state index < -0.39 is 0 Å². The number of para-hydroxylation sites is 1. The average molecular weight is 539 g/mol. The van der Waals surface area contributed by atoms with E-state index in [0.717, 1.165) is 50.6 Å². The maximum Gasteiger partial charge on any atom is 0.158 e. The molecule has 1 aliphatic carbocycles. The van der Waals surface area contributed by atoms with Gasteiger partial charge < -0.3 is 28.5 Å². The maximum atomic E-state index is 13.1. The van der Waals surface area contributed by atoms with E-state index in [1.165, 1.54) is 0 Å². The standard InChI is InChI=1S/C32H42O7/c33-20-10-3-1-2-7-15-27-28(30(23-29(27)34)39-32-17-9-12-22-36-32)19-18-26(38-31-16-8-11-21-35-31)24-37-25-13-5-4-6-14-25/h1,4-7,13-14,18-20,26-28,30-32H,3,8-12,15-17,21-24H2/b19-18+/t2?,26-,27-,28-,30-,31?,32?/m1/s1. The van der Waals surface area contributed by atoms with Crippen molar-refractivity contribution in [1.82, 2.24) is 0 Å². The fourth-order valence-corrected chi connectivity index (χ4v) is 5.27. The fraction of sp³-hybridized carbons (Fsp3) is 0.594. The number of carbonyl (C=O) groups excluding carboxylic acids is 2. The molecule has 1 aromatic rings. The molecule has 0 aromatic heterocycles. The van der Waals surface area contributed by atoms with Crippen molar-refractivity contribution >= 4 is 12.1 Å². The summed E-state index contributed by atoms with van der Waals surface area (Å²) in [4.78, 5) is 23.7. The third-order valence-electron chi connectivity index (χ3n) is 7.38. The van der Waals surface area contributed by atoms with Gasteiger partial charge in [0.25, 0.3) is 0 Å². The molecule has 39 heavy (non-hydrogen) atoms. The molecule has 3 aliphatic rings. The summed E-state index contributed by atoms with van der Waals surface area (Å²) in [7, 11) is 0. The molecule has 1 saturated carbocycles. The molecule has 6 atom stereocenters. The van der Waals surface area contributed by atoms with Crippen molar-refractivity contribution in [2.24, 2.45) is 11.8 Å². The van der Waals surface area contributed by atoms with Crippen molar-refractivity contribution in [3.8, 4) is 5.75 Å². The number of ketones is 1. The van der Waals surface area contributed by atoms with Crippen LogP contribution in [-0.2, 0) is 28.5 Å². The van der Waals surface area contributed by atoms with Crippen LogP contribution in [0.25, 0.3) is 0 Å². The molecule has 2 aliphatic heterocycles. The van der Waals surface area contributed by atoms with Crippen LogP contribution in [0.3, 0.4) is 0 Å². The summed E-state index contributed by atoms with van der Waals surface area (Å²) in [5.41, 5.74) is 3.13. The van der Waals surface area contributed by atoms with Crippen molar-refractivity contribution in [2.75, 3.05) is 19.8 Å². The highest BCUT2D eigenvalue weighted by molar-refractivity contribution is 5.85. The zero-order valence-electron chi connectivity index (χ0n) is 22.8. The van der Waals surface area contributed by atoms with Crippen molar-refractivity contribution < 1.29 is 33.3 Å². The SMILES string of the molecule is O=CCCC=C=CC[C@H]1C(=O)C[C@@H](OC2CCCCO2)[C@@H]1/C=C/[C@H](COc1ccccc1)OC1CCCCO1. The predicted molar refractivity (Wildman–Crippen MR) is 147 cm³/mol. The van der Waals surface area contributed by atoms with Crippen LogP contribution in [0, 0.1) is 11.8 Å². The molecule has 0 bridgehead atoms. The molecular weight excluding hydrogens is 496 g/mol. The number of Topliss-reactive ketones (excluding diaryl/α,β-unsaturated/α-hetero) is 1. The van der Waals surface area contributed by atoms with Crippen LogP contribution in [0.15, 0.2) is 60.4 Å². The number of ether oxygens (including phenoxy) is 5. The molecule has 0 spiro atoms. The highest BCUT2D eigenvalue weighted by Gasteiger charge is 2.42. The number of rotatable bonds is 14. The molecule has 0 amide bonds. The monoisotopic (exact) mass is 538 g/mol. The number of allylic oxidation sites excluding steroid dienone is 1. The first-order chi connectivity index (χ1) is 19.2. The summed E-state index contributed by atoms with van der Waals surface area (Å²) in [5.74, 6) is 0.625. The van der Waals surface area contributed by atoms with Crippen LogP contribution in [-0.4, -0.2) is 56.7 Å². The fourth-order valence-electron chi connectivity index (χ4n) is 5.27. The third-order valence-corrected chi connectivity index (χ3v) is 7.38. The van der Waals surface area contributed by atoms with Gasteiger partial charge in [0.2, 0.25) is 0 Å². The maximum absolute atomic E-state index is 13.1. The van der Waals surface area contributed by atoms with Crippen LogP contribution in [0.1, 0.15) is 64.2 Å². The summed E-state index contributed by atoms with van der Waals surface area (Å²) >= 11 is 0. The highest BCUT2D eigenvalue weighted by atomic mass is 16.7. The topological polar surface area (TPSA) is 80.3 Å². The third kappa shape index (κ3) is 9.86. The Morgan fingerprint density at radius 1 is 0.974 bits per heavy atom. The Hall–Kier alpha value is -2.54. The first kappa shape index (κ1) is 29.4. The Labute approximate surface area is 232 Å². The zero-order chi connectivity index (χ0) is 27.1. The van der Waals surface area contributed by atoms with E-state index in [0.29, 0.717) is 45.5 Å². The van der Waals surface area contributed by atoms with Gasteiger partial charge in [-0.25, -0.2) is 0 Å². The second-order valence-electron chi connectivity index (χ2n) is 10.4. The second-order valence-corrected chi connectivity index (χ2v) is 10.4. The van der Waals surface area contributed by atoms with E-state index in [9.17, 15) is 9.59 Å². The van der Waals surface area contributed by atoms with E-state index in [1.54, 1.807) is 0 Å².